The van der Waals surface area contributed by atoms with Crippen molar-refractivity contribution in [1.82, 2.24) is 0 Å². The highest BCUT2D eigenvalue weighted by atomic mass is 16.5. The van der Waals surface area contributed by atoms with E-state index in [9.17, 15) is 0 Å². The van der Waals surface area contributed by atoms with E-state index in [0.29, 0.717) is 13.2 Å². The van der Waals surface area contributed by atoms with E-state index in [1.807, 2.05) is 38.1 Å². The van der Waals surface area contributed by atoms with Gasteiger partial charge in [0.05, 0.1) is 7.11 Å². The molecular weight excluding hydrogens is 202 g/mol. The number of allylic oxidation sites excluding steroid dienone is 1. The molecule has 0 heterocycles. The highest BCUT2D eigenvalue weighted by Crippen LogP contribution is 2.27. The minimum Gasteiger partial charge on any atom is -0.493 e. The molecule has 0 radical (unpaired) electrons. The highest BCUT2D eigenvalue weighted by molar-refractivity contribution is 5.43. The van der Waals surface area contributed by atoms with Crippen molar-refractivity contribution in [2.75, 3.05) is 13.7 Å². The fourth-order valence-corrected chi connectivity index (χ4v) is 1.26. The molecular formula is C13H19NO2. The molecule has 0 fully saturated rings. The summed E-state index contributed by atoms with van der Waals surface area (Å²) in [6.07, 6.45) is 2.02. The van der Waals surface area contributed by atoms with Crippen molar-refractivity contribution in [3.8, 4) is 11.5 Å². The van der Waals surface area contributed by atoms with Gasteiger partial charge in [0.2, 0.25) is 0 Å². The summed E-state index contributed by atoms with van der Waals surface area (Å²) in [5.74, 6) is 1.47. The van der Waals surface area contributed by atoms with Gasteiger partial charge in [-0.1, -0.05) is 11.6 Å². The number of benzene rings is 1. The number of ether oxygens (including phenoxy) is 2. The number of rotatable bonds is 5. The van der Waals surface area contributed by atoms with Crippen LogP contribution in [0, 0.1) is 0 Å². The first-order valence-corrected chi connectivity index (χ1v) is 5.30. The van der Waals surface area contributed by atoms with Crippen LogP contribution in [0.4, 0.5) is 0 Å². The van der Waals surface area contributed by atoms with Crippen LogP contribution in [0.1, 0.15) is 19.4 Å². The largest absolute Gasteiger partial charge is 0.493 e. The summed E-state index contributed by atoms with van der Waals surface area (Å²) in [7, 11) is 1.63. The van der Waals surface area contributed by atoms with Gasteiger partial charge in [-0.15, -0.1) is 0 Å². The maximum absolute atomic E-state index is 5.62. The molecule has 0 saturated carbocycles. The fraction of sp³-hybridized carbons (Fsp3) is 0.385. The Kier molecular flexibility index (Phi) is 4.86. The maximum Gasteiger partial charge on any atom is 0.161 e. The third-order valence-corrected chi connectivity index (χ3v) is 2.19. The molecule has 3 heteroatoms. The molecule has 16 heavy (non-hydrogen) atoms. The lowest BCUT2D eigenvalue weighted by Gasteiger charge is -2.10. The number of hydrogen-bond donors (Lipinski definition) is 1. The van der Waals surface area contributed by atoms with Gasteiger partial charge in [-0.2, -0.15) is 0 Å². The molecule has 0 aliphatic carbocycles. The molecule has 0 saturated heterocycles. The van der Waals surface area contributed by atoms with Gasteiger partial charge in [0.1, 0.15) is 6.61 Å². The van der Waals surface area contributed by atoms with Crippen LogP contribution in [0.2, 0.25) is 0 Å². The van der Waals surface area contributed by atoms with Crippen LogP contribution in [-0.4, -0.2) is 13.7 Å². The molecule has 0 aliphatic rings. The van der Waals surface area contributed by atoms with E-state index in [0.717, 1.165) is 17.1 Å². The summed E-state index contributed by atoms with van der Waals surface area (Å²) in [6.45, 7) is 5.13. The van der Waals surface area contributed by atoms with E-state index in [-0.39, 0.29) is 0 Å². The van der Waals surface area contributed by atoms with Gasteiger partial charge >= 0.3 is 0 Å². The topological polar surface area (TPSA) is 44.5 Å². The highest BCUT2D eigenvalue weighted by Gasteiger charge is 2.04. The van der Waals surface area contributed by atoms with E-state index in [1.54, 1.807) is 7.11 Å². The van der Waals surface area contributed by atoms with Gasteiger partial charge < -0.3 is 15.2 Å². The fourth-order valence-electron chi connectivity index (χ4n) is 1.26. The number of hydrogen-bond acceptors (Lipinski definition) is 3. The Morgan fingerprint density at radius 2 is 2.06 bits per heavy atom. The first-order chi connectivity index (χ1) is 7.67. The molecule has 3 nitrogen and oxygen atoms in total. The van der Waals surface area contributed by atoms with Gasteiger partial charge in [-0.05, 0) is 37.6 Å². The average molecular weight is 221 g/mol. The normalized spacial score (nSPS) is 9.75. The van der Waals surface area contributed by atoms with Gasteiger partial charge in [-0.3, -0.25) is 0 Å². The number of methoxy groups -OCH3 is 1. The van der Waals surface area contributed by atoms with Gasteiger partial charge in [0.25, 0.3) is 0 Å². The Balaban J connectivity index is 2.79. The third kappa shape index (κ3) is 3.59. The Hall–Kier alpha value is -1.48. The van der Waals surface area contributed by atoms with Crippen molar-refractivity contribution in [2.24, 2.45) is 5.73 Å². The van der Waals surface area contributed by atoms with E-state index in [2.05, 4.69) is 0 Å². The summed E-state index contributed by atoms with van der Waals surface area (Å²) in [5, 5.41) is 0. The molecule has 0 amide bonds. The first kappa shape index (κ1) is 12.6. The SMILES string of the molecule is COc1ccc(CN)cc1OCC=C(C)C. The van der Waals surface area contributed by atoms with Crippen LogP contribution in [-0.2, 0) is 6.54 Å². The minimum atomic E-state index is 0.503. The van der Waals surface area contributed by atoms with Gasteiger partial charge in [0, 0.05) is 6.54 Å². The van der Waals surface area contributed by atoms with E-state index < -0.39 is 0 Å². The van der Waals surface area contributed by atoms with Crippen molar-refractivity contribution in [1.29, 1.82) is 0 Å². The van der Waals surface area contributed by atoms with Crippen molar-refractivity contribution in [3.63, 3.8) is 0 Å². The summed E-state index contributed by atoms with van der Waals surface area (Å²) in [5.41, 5.74) is 7.84. The van der Waals surface area contributed by atoms with Crippen LogP contribution in [0.25, 0.3) is 0 Å². The molecule has 2 N–H and O–H groups in total. The Morgan fingerprint density at radius 3 is 2.62 bits per heavy atom. The predicted octanol–water partition coefficient (Wildman–Crippen LogP) is 2.50. The standard InChI is InChI=1S/C13H19NO2/c1-10(2)6-7-16-13-8-11(9-14)4-5-12(13)15-3/h4-6,8H,7,9,14H2,1-3H3. The molecule has 1 aromatic carbocycles. The number of nitrogens with two attached hydrogens (primary N) is 1. The van der Waals surface area contributed by atoms with Crippen LogP contribution >= 0.6 is 0 Å². The quantitative estimate of drug-likeness (QED) is 0.777. The molecule has 0 atom stereocenters. The molecule has 0 spiro atoms. The summed E-state index contributed by atoms with van der Waals surface area (Å²) < 4.78 is 10.8. The van der Waals surface area contributed by atoms with E-state index >= 15 is 0 Å². The zero-order valence-electron chi connectivity index (χ0n) is 10.1. The van der Waals surface area contributed by atoms with Gasteiger partial charge in [-0.25, -0.2) is 0 Å². The molecule has 0 aliphatic heterocycles. The third-order valence-electron chi connectivity index (χ3n) is 2.19. The smallest absolute Gasteiger partial charge is 0.161 e. The molecule has 1 rings (SSSR count). The molecule has 1 aromatic rings. The van der Waals surface area contributed by atoms with Crippen LogP contribution in [0.5, 0.6) is 11.5 Å². The Morgan fingerprint density at radius 1 is 1.31 bits per heavy atom. The van der Waals surface area contributed by atoms with Crippen molar-refractivity contribution >= 4 is 0 Å². The molecule has 0 unspecified atom stereocenters. The van der Waals surface area contributed by atoms with Crippen LogP contribution in [0.15, 0.2) is 29.8 Å². The Bertz CT molecular complexity index is 368. The lowest BCUT2D eigenvalue weighted by molar-refractivity contribution is 0.325. The predicted molar refractivity (Wildman–Crippen MR) is 65.8 cm³/mol. The monoisotopic (exact) mass is 221 g/mol. The minimum absolute atomic E-state index is 0.503. The molecule has 0 aromatic heterocycles. The average Bonchev–Trinajstić information content (AvgIpc) is 2.28. The zero-order valence-corrected chi connectivity index (χ0v) is 10.1. The summed E-state index contributed by atoms with van der Waals surface area (Å²) in [4.78, 5) is 0. The summed E-state index contributed by atoms with van der Waals surface area (Å²) >= 11 is 0. The second kappa shape index (κ2) is 6.18. The lowest BCUT2D eigenvalue weighted by atomic mass is 10.2. The van der Waals surface area contributed by atoms with Crippen molar-refractivity contribution in [2.45, 2.75) is 20.4 Å². The first-order valence-electron chi connectivity index (χ1n) is 5.30. The van der Waals surface area contributed by atoms with Crippen molar-refractivity contribution < 1.29 is 9.47 Å². The molecule has 0 bridgehead atoms. The maximum atomic E-state index is 5.62. The van der Waals surface area contributed by atoms with Gasteiger partial charge in [0.15, 0.2) is 11.5 Å². The second-order valence-corrected chi connectivity index (χ2v) is 3.78. The Labute approximate surface area is 96.9 Å². The lowest BCUT2D eigenvalue weighted by Crippen LogP contribution is -2.00. The van der Waals surface area contributed by atoms with E-state index in [1.165, 1.54) is 5.57 Å². The van der Waals surface area contributed by atoms with Crippen molar-refractivity contribution in [3.05, 3.63) is 35.4 Å². The zero-order chi connectivity index (χ0) is 12.0. The summed E-state index contributed by atoms with van der Waals surface area (Å²) in [6, 6.07) is 5.73. The molecule has 88 valence electrons. The van der Waals surface area contributed by atoms with Crippen LogP contribution < -0.4 is 15.2 Å². The second-order valence-electron chi connectivity index (χ2n) is 3.78. The van der Waals surface area contributed by atoms with E-state index in [4.69, 9.17) is 15.2 Å². The van der Waals surface area contributed by atoms with Crippen LogP contribution in [0.3, 0.4) is 0 Å².